The maximum atomic E-state index is 12.9. The Morgan fingerprint density at radius 1 is 1.00 bits per heavy atom. The first-order chi connectivity index (χ1) is 15.5. The van der Waals surface area contributed by atoms with Gasteiger partial charge in [-0.15, -0.1) is 0 Å². The summed E-state index contributed by atoms with van der Waals surface area (Å²) in [7, 11) is -2.48. The highest BCUT2D eigenvalue weighted by Gasteiger charge is 2.26. The Morgan fingerprint density at radius 3 is 2.21 bits per heavy atom. The largest absolute Gasteiger partial charge is 0.491 e. The number of sulfone groups is 1. The molecule has 0 fully saturated rings. The van der Waals surface area contributed by atoms with Gasteiger partial charge in [0.25, 0.3) is 0 Å². The molecule has 180 valence electrons. The minimum absolute atomic E-state index is 0.0468. The fourth-order valence-electron chi connectivity index (χ4n) is 3.09. The lowest BCUT2D eigenvalue weighted by molar-refractivity contribution is 0.0515. The van der Waals surface area contributed by atoms with E-state index in [0.717, 1.165) is 0 Å². The van der Waals surface area contributed by atoms with Crippen LogP contribution in [-0.4, -0.2) is 46.3 Å². The van der Waals surface area contributed by atoms with Crippen molar-refractivity contribution in [3.63, 3.8) is 0 Å². The lowest BCUT2D eigenvalue weighted by Crippen LogP contribution is -2.34. The van der Waals surface area contributed by atoms with E-state index in [4.69, 9.17) is 14.2 Å². The van der Waals surface area contributed by atoms with E-state index in [-0.39, 0.29) is 34.9 Å². The van der Waals surface area contributed by atoms with E-state index in [1.807, 2.05) is 6.92 Å². The zero-order chi connectivity index (χ0) is 24.6. The number of esters is 1. The van der Waals surface area contributed by atoms with E-state index in [1.54, 1.807) is 51.1 Å². The zero-order valence-corrected chi connectivity index (χ0v) is 20.5. The van der Waals surface area contributed by atoms with Crippen LogP contribution in [0.1, 0.15) is 49.2 Å². The second kappa shape index (κ2) is 11.2. The van der Waals surface area contributed by atoms with Crippen molar-refractivity contribution in [2.24, 2.45) is 0 Å². The summed E-state index contributed by atoms with van der Waals surface area (Å²) in [5.41, 5.74) is 0.428. The van der Waals surface area contributed by atoms with Crippen LogP contribution in [0.25, 0.3) is 0 Å². The fourth-order valence-corrected chi connectivity index (χ4v) is 4.48. The van der Waals surface area contributed by atoms with Crippen LogP contribution in [-0.2, 0) is 31.5 Å². The van der Waals surface area contributed by atoms with Gasteiger partial charge in [-0.05, 0) is 50.5 Å². The molecule has 0 aromatic heterocycles. The minimum atomic E-state index is -3.70. The first-order valence-corrected chi connectivity index (χ1v) is 12.2. The van der Waals surface area contributed by atoms with Gasteiger partial charge in [0.15, 0.2) is 9.84 Å². The summed E-state index contributed by atoms with van der Waals surface area (Å²) in [5, 5.41) is 2.59. The second-order valence-corrected chi connectivity index (χ2v) is 10.3. The number of hydrogen-bond acceptors (Lipinski definition) is 7. The number of benzene rings is 2. The number of amides is 1. The molecule has 0 spiro atoms. The van der Waals surface area contributed by atoms with Gasteiger partial charge in [-0.2, -0.15) is 0 Å². The van der Waals surface area contributed by atoms with Crippen molar-refractivity contribution in [1.29, 1.82) is 0 Å². The van der Waals surface area contributed by atoms with Crippen molar-refractivity contribution in [1.82, 2.24) is 5.32 Å². The molecule has 33 heavy (non-hydrogen) atoms. The van der Waals surface area contributed by atoms with Crippen LogP contribution in [0, 0.1) is 0 Å². The Hall–Kier alpha value is -3.07. The molecule has 0 bridgehead atoms. The predicted molar refractivity (Wildman–Crippen MR) is 124 cm³/mol. The van der Waals surface area contributed by atoms with Gasteiger partial charge in [-0.25, -0.2) is 18.0 Å². The van der Waals surface area contributed by atoms with Gasteiger partial charge in [-0.1, -0.05) is 37.3 Å². The smallest absolute Gasteiger partial charge is 0.407 e. The number of nitrogens with one attached hydrogen (secondary N) is 1. The van der Waals surface area contributed by atoms with Gasteiger partial charge in [0.05, 0.1) is 24.3 Å². The van der Waals surface area contributed by atoms with Crippen LogP contribution >= 0.6 is 0 Å². The highest BCUT2D eigenvalue weighted by molar-refractivity contribution is 7.90. The van der Waals surface area contributed by atoms with E-state index in [9.17, 15) is 18.0 Å². The SMILES string of the molecule is CCc1ccc(CS(=O)(=O)c2ccccc2)c(C(=O)OC)c1OCCNC(=O)OC(C)(C)C. The van der Waals surface area contributed by atoms with Gasteiger partial charge < -0.3 is 19.5 Å². The number of ether oxygens (including phenoxy) is 3. The van der Waals surface area contributed by atoms with Gasteiger partial charge in [0, 0.05) is 0 Å². The lowest BCUT2D eigenvalue weighted by Gasteiger charge is -2.20. The summed E-state index contributed by atoms with van der Waals surface area (Å²) < 4.78 is 41.8. The molecule has 2 rings (SSSR count). The van der Waals surface area contributed by atoms with Gasteiger partial charge in [0.2, 0.25) is 0 Å². The van der Waals surface area contributed by atoms with Crippen LogP contribution in [0.15, 0.2) is 47.4 Å². The summed E-state index contributed by atoms with van der Waals surface area (Å²) in [6.45, 7) is 7.34. The molecule has 0 aliphatic rings. The van der Waals surface area contributed by atoms with Crippen LogP contribution in [0.3, 0.4) is 0 Å². The Bertz CT molecular complexity index is 1070. The topological polar surface area (TPSA) is 108 Å². The van der Waals surface area contributed by atoms with Gasteiger partial charge >= 0.3 is 12.1 Å². The number of rotatable bonds is 9. The molecule has 0 atom stereocenters. The molecule has 0 radical (unpaired) electrons. The molecule has 0 aliphatic heterocycles. The van der Waals surface area contributed by atoms with E-state index in [0.29, 0.717) is 12.0 Å². The molecule has 0 unspecified atom stereocenters. The summed E-state index contributed by atoms with van der Waals surface area (Å²) >= 11 is 0. The first kappa shape index (κ1) is 26.2. The molecule has 0 heterocycles. The summed E-state index contributed by atoms with van der Waals surface area (Å²) in [6, 6.07) is 11.4. The third-order valence-corrected chi connectivity index (χ3v) is 6.24. The van der Waals surface area contributed by atoms with Crippen LogP contribution in [0.5, 0.6) is 5.75 Å². The molecular weight excluding hydrogens is 446 g/mol. The number of hydrogen-bond donors (Lipinski definition) is 1. The monoisotopic (exact) mass is 477 g/mol. The molecule has 0 saturated heterocycles. The molecule has 1 amide bonds. The number of carbonyl (C=O) groups is 2. The normalized spacial score (nSPS) is 11.5. The van der Waals surface area contributed by atoms with Crippen molar-refractivity contribution in [3.05, 3.63) is 59.2 Å². The Morgan fingerprint density at radius 2 is 1.64 bits per heavy atom. The third-order valence-electron chi connectivity index (χ3n) is 4.56. The zero-order valence-electron chi connectivity index (χ0n) is 19.6. The molecule has 0 aliphatic carbocycles. The molecule has 1 N–H and O–H groups in total. The molecule has 8 nitrogen and oxygen atoms in total. The standard InChI is InChI=1S/C24H31NO7S/c1-6-17-12-13-18(16-33(28,29)19-10-8-7-9-11-19)20(22(26)30-5)21(17)31-15-14-25-23(27)32-24(2,3)4/h7-13H,6,14-16H2,1-5H3,(H,25,27). The van der Waals surface area contributed by atoms with Crippen molar-refractivity contribution in [3.8, 4) is 5.75 Å². The number of aryl methyl sites for hydroxylation is 1. The first-order valence-electron chi connectivity index (χ1n) is 10.6. The summed E-state index contributed by atoms with van der Waals surface area (Å²) in [5.74, 6) is -0.840. The van der Waals surface area contributed by atoms with Crippen LogP contribution in [0.2, 0.25) is 0 Å². The summed E-state index contributed by atoms with van der Waals surface area (Å²) in [4.78, 5) is 24.6. The number of methoxy groups -OCH3 is 1. The Kier molecular flexibility index (Phi) is 8.87. The third kappa shape index (κ3) is 7.49. The number of alkyl carbamates (subject to hydrolysis) is 1. The predicted octanol–water partition coefficient (Wildman–Crippen LogP) is 3.91. The van der Waals surface area contributed by atoms with Crippen molar-refractivity contribution >= 4 is 21.9 Å². The Balaban J connectivity index is 2.30. The molecule has 2 aromatic rings. The fraction of sp³-hybridized carbons (Fsp3) is 0.417. The molecule has 2 aromatic carbocycles. The average Bonchev–Trinajstić information content (AvgIpc) is 2.75. The van der Waals surface area contributed by atoms with Crippen molar-refractivity contribution < 1.29 is 32.2 Å². The number of carbonyl (C=O) groups excluding carboxylic acids is 2. The second-order valence-electron chi connectivity index (χ2n) is 8.28. The highest BCUT2D eigenvalue weighted by Crippen LogP contribution is 2.31. The average molecular weight is 478 g/mol. The molecule has 9 heteroatoms. The quantitative estimate of drug-likeness (QED) is 0.431. The van der Waals surface area contributed by atoms with Gasteiger partial charge in [0.1, 0.15) is 23.5 Å². The molecule has 0 saturated carbocycles. The van der Waals surface area contributed by atoms with E-state index in [1.165, 1.54) is 19.2 Å². The van der Waals surface area contributed by atoms with Crippen LogP contribution in [0.4, 0.5) is 4.79 Å². The van der Waals surface area contributed by atoms with Gasteiger partial charge in [-0.3, -0.25) is 0 Å². The molecular formula is C24H31NO7S. The van der Waals surface area contributed by atoms with E-state index in [2.05, 4.69) is 5.32 Å². The lowest BCUT2D eigenvalue weighted by atomic mass is 10.0. The maximum Gasteiger partial charge on any atom is 0.407 e. The Labute approximate surface area is 195 Å². The van der Waals surface area contributed by atoms with Crippen molar-refractivity contribution in [2.75, 3.05) is 20.3 Å². The minimum Gasteiger partial charge on any atom is -0.491 e. The highest BCUT2D eigenvalue weighted by atomic mass is 32.2. The van der Waals surface area contributed by atoms with Crippen LogP contribution < -0.4 is 10.1 Å². The van der Waals surface area contributed by atoms with E-state index >= 15 is 0 Å². The van der Waals surface area contributed by atoms with Crippen molar-refractivity contribution in [2.45, 2.75) is 50.4 Å². The summed E-state index contributed by atoms with van der Waals surface area (Å²) in [6.07, 6.45) is -0.0393. The maximum absolute atomic E-state index is 12.9. The van der Waals surface area contributed by atoms with E-state index < -0.39 is 33.3 Å².